The minimum absolute atomic E-state index is 0. The van der Waals surface area contributed by atoms with Gasteiger partial charge in [-0.15, -0.1) is 12.4 Å². The highest BCUT2D eigenvalue weighted by Crippen LogP contribution is 2.10. The molecule has 0 saturated heterocycles. The molecular weight excluding hydrogens is 306 g/mol. The molecule has 0 radical (unpaired) electrons. The summed E-state index contributed by atoms with van der Waals surface area (Å²) in [5.74, 6) is 0.961. The molecule has 0 bridgehead atoms. The van der Waals surface area contributed by atoms with Crippen molar-refractivity contribution in [3.8, 4) is 5.75 Å². The van der Waals surface area contributed by atoms with Crippen molar-refractivity contribution < 1.29 is 4.74 Å². The van der Waals surface area contributed by atoms with Gasteiger partial charge in [-0.05, 0) is 25.1 Å². The summed E-state index contributed by atoms with van der Waals surface area (Å²) < 4.78 is 5.64. The van der Waals surface area contributed by atoms with Crippen molar-refractivity contribution in [3.05, 3.63) is 30.3 Å². The summed E-state index contributed by atoms with van der Waals surface area (Å²) in [4.78, 5) is 0. The number of benzene rings is 1. The van der Waals surface area contributed by atoms with Crippen molar-refractivity contribution in [1.82, 2.24) is 5.32 Å². The maximum Gasteiger partial charge on any atom is 0.119 e. The maximum atomic E-state index is 5.64. The van der Waals surface area contributed by atoms with E-state index < -0.39 is 0 Å². The Morgan fingerprint density at radius 3 is 1.91 bits per heavy atom. The highest BCUT2D eigenvalue weighted by Gasteiger charge is 1.94. The van der Waals surface area contributed by atoms with Crippen molar-refractivity contribution in [2.24, 2.45) is 0 Å². The smallest absolute Gasteiger partial charge is 0.119 e. The van der Waals surface area contributed by atoms with E-state index in [1.807, 2.05) is 30.3 Å². The van der Waals surface area contributed by atoms with E-state index >= 15 is 0 Å². The first-order chi connectivity index (χ1) is 10.9. The van der Waals surface area contributed by atoms with Gasteiger partial charge in [0.1, 0.15) is 12.4 Å². The Bertz CT molecular complexity index is 332. The average Bonchev–Trinajstić information content (AvgIpc) is 2.56. The normalized spacial score (nSPS) is 10.3. The molecule has 23 heavy (non-hydrogen) atoms. The van der Waals surface area contributed by atoms with Crippen LogP contribution in [0.1, 0.15) is 71.1 Å². The zero-order chi connectivity index (χ0) is 15.7. The zero-order valence-electron chi connectivity index (χ0n) is 14.9. The molecule has 0 unspecified atom stereocenters. The third kappa shape index (κ3) is 14.6. The molecule has 1 aromatic carbocycles. The highest BCUT2D eigenvalue weighted by molar-refractivity contribution is 5.85. The average molecular weight is 342 g/mol. The van der Waals surface area contributed by atoms with E-state index in [0.717, 1.165) is 25.4 Å². The Morgan fingerprint density at radius 2 is 1.30 bits per heavy atom. The second kappa shape index (κ2) is 17.6. The zero-order valence-corrected chi connectivity index (χ0v) is 15.7. The van der Waals surface area contributed by atoms with Gasteiger partial charge in [-0.1, -0.05) is 82.9 Å². The van der Waals surface area contributed by atoms with Gasteiger partial charge >= 0.3 is 0 Å². The molecule has 0 amide bonds. The summed E-state index contributed by atoms with van der Waals surface area (Å²) in [6, 6.07) is 10.0. The molecule has 1 rings (SSSR count). The van der Waals surface area contributed by atoms with Crippen molar-refractivity contribution in [1.29, 1.82) is 0 Å². The summed E-state index contributed by atoms with van der Waals surface area (Å²) in [5, 5.41) is 3.46. The maximum absolute atomic E-state index is 5.64. The van der Waals surface area contributed by atoms with E-state index in [4.69, 9.17) is 4.74 Å². The molecular formula is C20H36ClNO. The van der Waals surface area contributed by atoms with E-state index in [0.29, 0.717) is 0 Å². The van der Waals surface area contributed by atoms with Crippen LogP contribution in [0.5, 0.6) is 5.75 Å². The summed E-state index contributed by atoms with van der Waals surface area (Å²) in [7, 11) is 0. The Morgan fingerprint density at radius 1 is 0.739 bits per heavy atom. The number of rotatable bonds is 15. The fraction of sp³-hybridized carbons (Fsp3) is 0.700. The molecule has 0 aliphatic rings. The van der Waals surface area contributed by atoms with Gasteiger partial charge in [0.2, 0.25) is 0 Å². The van der Waals surface area contributed by atoms with E-state index in [9.17, 15) is 0 Å². The van der Waals surface area contributed by atoms with Crippen LogP contribution in [0.3, 0.4) is 0 Å². The van der Waals surface area contributed by atoms with Crippen LogP contribution >= 0.6 is 12.4 Å². The first kappa shape index (κ1) is 22.3. The van der Waals surface area contributed by atoms with Crippen molar-refractivity contribution in [2.75, 3.05) is 19.7 Å². The Balaban J connectivity index is 0.00000484. The second-order valence-corrected chi connectivity index (χ2v) is 6.09. The number of para-hydroxylation sites is 1. The third-order valence-electron chi connectivity index (χ3n) is 4.00. The van der Waals surface area contributed by atoms with Crippen LogP contribution in [0.2, 0.25) is 0 Å². The number of nitrogens with one attached hydrogen (secondary N) is 1. The lowest BCUT2D eigenvalue weighted by molar-refractivity contribution is 0.313. The van der Waals surface area contributed by atoms with Gasteiger partial charge in [0, 0.05) is 6.54 Å². The molecule has 1 aromatic rings. The summed E-state index contributed by atoms with van der Waals surface area (Å²) in [6.45, 7) is 5.09. The largest absolute Gasteiger partial charge is 0.492 e. The molecule has 0 fully saturated rings. The van der Waals surface area contributed by atoms with Gasteiger partial charge in [-0.2, -0.15) is 0 Å². The summed E-state index contributed by atoms with van der Waals surface area (Å²) >= 11 is 0. The number of hydrogen-bond donors (Lipinski definition) is 1. The molecule has 0 aromatic heterocycles. The monoisotopic (exact) mass is 341 g/mol. The van der Waals surface area contributed by atoms with E-state index in [1.54, 1.807) is 0 Å². The topological polar surface area (TPSA) is 21.3 Å². The van der Waals surface area contributed by atoms with Gasteiger partial charge in [-0.25, -0.2) is 0 Å². The molecule has 0 saturated carbocycles. The molecule has 0 spiro atoms. The van der Waals surface area contributed by atoms with Crippen molar-refractivity contribution in [2.45, 2.75) is 71.1 Å². The van der Waals surface area contributed by atoms with Gasteiger partial charge in [0.15, 0.2) is 0 Å². The fourth-order valence-electron chi connectivity index (χ4n) is 2.62. The van der Waals surface area contributed by atoms with E-state index in [2.05, 4.69) is 12.2 Å². The SMILES string of the molecule is CCCCCCCCCCCCNCCOc1ccccc1.Cl. The van der Waals surface area contributed by atoms with Gasteiger partial charge < -0.3 is 10.1 Å². The predicted octanol–water partition coefficient (Wildman–Crippen LogP) is 6.00. The minimum atomic E-state index is 0. The molecule has 0 atom stereocenters. The molecule has 2 nitrogen and oxygen atoms in total. The summed E-state index contributed by atoms with van der Waals surface area (Å²) in [6.07, 6.45) is 14.0. The van der Waals surface area contributed by atoms with Crippen LogP contribution < -0.4 is 10.1 Å². The molecule has 1 N–H and O–H groups in total. The number of halogens is 1. The third-order valence-corrected chi connectivity index (χ3v) is 4.00. The fourth-order valence-corrected chi connectivity index (χ4v) is 2.62. The van der Waals surface area contributed by atoms with Crippen LogP contribution in [0.4, 0.5) is 0 Å². The molecule has 0 heterocycles. The molecule has 3 heteroatoms. The number of hydrogen-bond acceptors (Lipinski definition) is 2. The Hall–Kier alpha value is -0.730. The van der Waals surface area contributed by atoms with E-state index in [1.165, 1.54) is 64.2 Å². The second-order valence-electron chi connectivity index (χ2n) is 6.09. The van der Waals surface area contributed by atoms with Crippen LogP contribution in [0.15, 0.2) is 30.3 Å². The number of ether oxygens (including phenoxy) is 1. The standard InChI is InChI=1S/C20H35NO.ClH/c1-2-3-4-5-6-7-8-9-10-14-17-21-18-19-22-20-15-12-11-13-16-20;/h11-13,15-16,21H,2-10,14,17-19H2,1H3;1H. The van der Waals surface area contributed by atoms with Gasteiger partial charge in [0.25, 0.3) is 0 Å². The van der Waals surface area contributed by atoms with Gasteiger partial charge in [0.05, 0.1) is 0 Å². The minimum Gasteiger partial charge on any atom is -0.492 e. The Kier molecular flexibility index (Phi) is 17.1. The van der Waals surface area contributed by atoms with Crippen LogP contribution in [0, 0.1) is 0 Å². The van der Waals surface area contributed by atoms with Crippen molar-refractivity contribution in [3.63, 3.8) is 0 Å². The lowest BCUT2D eigenvalue weighted by atomic mass is 10.1. The molecule has 0 aliphatic heterocycles. The van der Waals surface area contributed by atoms with Crippen LogP contribution in [0.25, 0.3) is 0 Å². The molecule has 134 valence electrons. The lowest BCUT2D eigenvalue weighted by Crippen LogP contribution is -2.22. The first-order valence-electron chi connectivity index (χ1n) is 9.32. The predicted molar refractivity (Wildman–Crippen MR) is 104 cm³/mol. The van der Waals surface area contributed by atoms with Crippen molar-refractivity contribution >= 4 is 12.4 Å². The molecule has 0 aliphatic carbocycles. The van der Waals surface area contributed by atoms with Crippen LogP contribution in [-0.4, -0.2) is 19.7 Å². The quantitative estimate of drug-likeness (QED) is 0.395. The van der Waals surface area contributed by atoms with Gasteiger partial charge in [-0.3, -0.25) is 0 Å². The lowest BCUT2D eigenvalue weighted by Gasteiger charge is -2.07. The number of unbranched alkanes of at least 4 members (excludes halogenated alkanes) is 9. The highest BCUT2D eigenvalue weighted by atomic mass is 35.5. The first-order valence-corrected chi connectivity index (χ1v) is 9.32. The van der Waals surface area contributed by atoms with E-state index in [-0.39, 0.29) is 12.4 Å². The van der Waals surface area contributed by atoms with Crippen LogP contribution in [-0.2, 0) is 0 Å². The Labute approximate surface area is 149 Å². The summed E-state index contributed by atoms with van der Waals surface area (Å²) in [5.41, 5.74) is 0.